The van der Waals surface area contributed by atoms with E-state index in [1.165, 1.54) is 19.3 Å². The SMILES string of the molecule is CCCCCCCC(=O)NN=C(c1ccccn1)c1ccccn1. The number of nitrogens with one attached hydrogen (secondary N) is 1. The van der Waals surface area contributed by atoms with Gasteiger partial charge in [0.2, 0.25) is 5.91 Å². The van der Waals surface area contributed by atoms with Crippen molar-refractivity contribution in [1.29, 1.82) is 0 Å². The summed E-state index contributed by atoms with van der Waals surface area (Å²) in [6, 6.07) is 11.2. The number of nitrogens with zero attached hydrogens (tertiary/aromatic N) is 3. The number of hydrogen-bond donors (Lipinski definition) is 1. The van der Waals surface area contributed by atoms with Crippen molar-refractivity contribution in [3.05, 3.63) is 60.2 Å². The molecule has 0 bridgehead atoms. The van der Waals surface area contributed by atoms with Gasteiger partial charge >= 0.3 is 0 Å². The number of pyridine rings is 2. The van der Waals surface area contributed by atoms with Crippen LogP contribution in [0.1, 0.15) is 56.8 Å². The number of hydrazone groups is 1. The molecular weight excluding hydrogens is 300 g/mol. The summed E-state index contributed by atoms with van der Waals surface area (Å²) in [4.78, 5) is 20.6. The molecule has 2 heterocycles. The largest absolute Gasteiger partial charge is 0.273 e. The third kappa shape index (κ3) is 5.91. The Kier molecular flexibility index (Phi) is 7.60. The number of hydrogen-bond acceptors (Lipinski definition) is 4. The molecule has 0 aliphatic carbocycles. The van der Waals surface area contributed by atoms with E-state index in [0.29, 0.717) is 23.5 Å². The van der Waals surface area contributed by atoms with Crippen LogP contribution in [0, 0.1) is 0 Å². The van der Waals surface area contributed by atoms with E-state index in [9.17, 15) is 4.79 Å². The third-order valence-electron chi connectivity index (χ3n) is 3.61. The summed E-state index contributed by atoms with van der Waals surface area (Å²) in [6.45, 7) is 2.18. The molecule has 0 aliphatic rings. The van der Waals surface area contributed by atoms with Crippen molar-refractivity contribution in [2.24, 2.45) is 5.10 Å². The predicted molar refractivity (Wildman–Crippen MR) is 95.6 cm³/mol. The van der Waals surface area contributed by atoms with Gasteiger partial charge in [-0.05, 0) is 30.7 Å². The average Bonchev–Trinajstić information content (AvgIpc) is 2.63. The van der Waals surface area contributed by atoms with E-state index in [0.717, 1.165) is 12.8 Å². The minimum atomic E-state index is -0.0733. The second-order valence-electron chi connectivity index (χ2n) is 5.59. The van der Waals surface area contributed by atoms with Crippen LogP contribution < -0.4 is 5.43 Å². The standard InChI is InChI=1S/C19H24N4O/c1-2-3-4-5-6-13-18(24)22-23-19(16-11-7-9-14-20-16)17-12-8-10-15-21-17/h7-12,14-15H,2-6,13H2,1H3,(H,22,24). The zero-order chi connectivity index (χ0) is 17.0. The van der Waals surface area contributed by atoms with Crippen LogP contribution in [0.5, 0.6) is 0 Å². The van der Waals surface area contributed by atoms with Gasteiger partial charge in [0.15, 0.2) is 0 Å². The van der Waals surface area contributed by atoms with Gasteiger partial charge < -0.3 is 0 Å². The molecule has 2 aromatic heterocycles. The highest BCUT2D eigenvalue weighted by Crippen LogP contribution is 2.07. The van der Waals surface area contributed by atoms with Crippen LogP contribution in [-0.4, -0.2) is 21.6 Å². The molecule has 0 saturated heterocycles. The minimum absolute atomic E-state index is 0.0733. The maximum absolute atomic E-state index is 12.0. The smallest absolute Gasteiger partial charge is 0.240 e. The van der Waals surface area contributed by atoms with E-state index < -0.39 is 0 Å². The van der Waals surface area contributed by atoms with Crippen LogP contribution in [0.25, 0.3) is 0 Å². The van der Waals surface area contributed by atoms with E-state index >= 15 is 0 Å². The Balaban J connectivity index is 2.00. The maximum Gasteiger partial charge on any atom is 0.240 e. The monoisotopic (exact) mass is 324 g/mol. The molecular formula is C19H24N4O. The summed E-state index contributed by atoms with van der Waals surface area (Å²) in [7, 11) is 0. The van der Waals surface area contributed by atoms with E-state index in [1.54, 1.807) is 12.4 Å². The summed E-state index contributed by atoms with van der Waals surface area (Å²) >= 11 is 0. The van der Waals surface area contributed by atoms with Crippen molar-refractivity contribution < 1.29 is 4.79 Å². The Morgan fingerprint density at radius 1 is 0.958 bits per heavy atom. The van der Waals surface area contributed by atoms with Crippen molar-refractivity contribution in [3.63, 3.8) is 0 Å². The molecule has 0 aromatic carbocycles. The number of aromatic nitrogens is 2. The van der Waals surface area contributed by atoms with E-state index in [4.69, 9.17) is 0 Å². The van der Waals surface area contributed by atoms with E-state index in [-0.39, 0.29) is 5.91 Å². The molecule has 1 N–H and O–H groups in total. The van der Waals surface area contributed by atoms with Crippen molar-refractivity contribution in [1.82, 2.24) is 15.4 Å². The van der Waals surface area contributed by atoms with Crippen LogP contribution in [0.3, 0.4) is 0 Å². The Hall–Kier alpha value is -2.56. The Labute approximate surface area is 143 Å². The van der Waals surface area contributed by atoms with E-state index in [2.05, 4.69) is 27.4 Å². The quantitative estimate of drug-likeness (QED) is 0.434. The number of amides is 1. The van der Waals surface area contributed by atoms with E-state index in [1.807, 2.05) is 36.4 Å². The lowest BCUT2D eigenvalue weighted by molar-refractivity contribution is -0.121. The first-order valence-corrected chi connectivity index (χ1v) is 8.50. The van der Waals surface area contributed by atoms with Gasteiger partial charge in [0, 0.05) is 18.8 Å². The van der Waals surface area contributed by atoms with Gasteiger partial charge in [0.25, 0.3) is 0 Å². The van der Waals surface area contributed by atoms with Gasteiger partial charge in [-0.25, -0.2) is 5.43 Å². The molecule has 2 rings (SSSR count). The normalized spacial score (nSPS) is 10.2. The molecule has 0 saturated carbocycles. The first-order valence-electron chi connectivity index (χ1n) is 8.50. The molecule has 24 heavy (non-hydrogen) atoms. The van der Waals surface area contributed by atoms with Gasteiger partial charge in [0.1, 0.15) is 5.71 Å². The van der Waals surface area contributed by atoms with Crippen molar-refractivity contribution >= 4 is 11.6 Å². The maximum atomic E-state index is 12.0. The van der Waals surface area contributed by atoms with Crippen LogP contribution in [0.2, 0.25) is 0 Å². The third-order valence-corrected chi connectivity index (χ3v) is 3.61. The summed E-state index contributed by atoms with van der Waals surface area (Å²) in [5.41, 5.74) is 4.57. The topological polar surface area (TPSA) is 67.2 Å². The van der Waals surface area contributed by atoms with Gasteiger partial charge in [-0.15, -0.1) is 0 Å². The highest BCUT2D eigenvalue weighted by Gasteiger charge is 2.10. The molecule has 0 radical (unpaired) electrons. The van der Waals surface area contributed by atoms with Crippen LogP contribution in [-0.2, 0) is 4.79 Å². The van der Waals surface area contributed by atoms with Gasteiger partial charge in [-0.1, -0.05) is 44.7 Å². The zero-order valence-corrected chi connectivity index (χ0v) is 14.1. The highest BCUT2D eigenvalue weighted by molar-refractivity contribution is 6.10. The summed E-state index contributed by atoms with van der Waals surface area (Å²) in [6.07, 6.45) is 9.47. The lowest BCUT2D eigenvalue weighted by atomic mass is 10.1. The Morgan fingerprint density at radius 2 is 1.58 bits per heavy atom. The average molecular weight is 324 g/mol. The molecule has 5 nitrogen and oxygen atoms in total. The molecule has 0 aliphatic heterocycles. The van der Waals surface area contributed by atoms with Crippen molar-refractivity contribution in [2.45, 2.75) is 45.4 Å². The second-order valence-corrected chi connectivity index (χ2v) is 5.59. The van der Waals surface area contributed by atoms with Gasteiger partial charge in [-0.2, -0.15) is 5.10 Å². The summed E-state index contributed by atoms with van der Waals surface area (Å²) < 4.78 is 0. The van der Waals surface area contributed by atoms with Gasteiger partial charge in [-0.3, -0.25) is 14.8 Å². The zero-order valence-electron chi connectivity index (χ0n) is 14.1. The lowest BCUT2D eigenvalue weighted by Gasteiger charge is -2.06. The first kappa shape index (κ1) is 17.8. The highest BCUT2D eigenvalue weighted by atomic mass is 16.2. The predicted octanol–water partition coefficient (Wildman–Crippen LogP) is 3.71. The number of carbonyl (C=O) groups is 1. The molecule has 126 valence electrons. The molecule has 0 unspecified atom stereocenters. The Bertz CT molecular complexity index is 599. The minimum Gasteiger partial charge on any atom is -0.273 e. The molecule has 0 spiro atoms. The summed E-state index contributed by atoms with van der Waals surface area (Å²) in [5, 5.41) is 4.27. The van der Waals surface area contributed by atoms with Crippen LogP contribution in [0.4, 0.5) is 0 Å². The van der Waals surface area contributed by atoms with Crippen LogP contribution >= 0.6 is 0 Å². The lowest BCUT2D eigenvalue weighted by Crippen LogP contribution is -2.21. The fourth-order valence-electron chi connectivity index (χ4n) is 2.31. The second kappa shape index (κ2) is 10.3. The molecule has 2 aromatic rings. The molecule has 1 amide bonds. The molecule has 0 atom stereocenters. The first-order chi connectivity index (χ1) is 11.8. The summed E-state index contributed by atoms with van der Waals surface area (Å²) in [5.74, 6) is -0.0733. The number of rotatable bonds is 9. The van der Waals surface area contributed by atoms with Crippen LogP contribution in [0.15, 0.2) is 53.9 Å². The number of carbonyl (C=O) groups excluding carboxylic acids is 1. The fourth-order valence-corrected chi connectivity index (χ4v) is 2.31. The molecule has 0 fully saturated rings. The van der Waals surface area contributed by atoms with Crippen molar-refractivity contribution in [3.8, 4) is 0 Å². The molecule has 5 heteroatoms. The van der Waals surface area contributed by atoms with Gasteiger partial charge in [0.05, 0.1) is 11.4 Å². The van der Waals surface area contributed by atoms with Crippen molar-refractivity contribution in [2.75, 3.05) is 0 Å². The Morgan fingerprint density at radius 3 is 2.12 bits per heavy atom. The number of unbranched alkanes of at least 4 members (excludes halogenated alkanes) is 4. The fraction of sp³-hybridized carbons (Fsp3) is 0.368.